The molecule has 0 aromatic heterocycles. The van der Waals surface area contributed by atoms with Crippen molar-refractivity contribution >= 4 is 5.91 Å². The van der Waals surface area contributed by atoms with Gasteiger partial charge >= 0.3 is 0 Å². The number of carbonyl (C=O) groups excluding carboxylic acids is 1. The molecule has 0 aromatic carbocycles. The van der Waals surface area contributed by atoms with Gasteiger partial charge in [0.2, 0.25) is 5.91 Å². The summed E-state index contributed by atoms with van der Waals surface area (Å²) in [4.78, 5) is 23.8. The van der Waals surface area contributed by atoms with Crippen molar-refractivity contribution in [1.82, 2.24) is 25.9 Å². The molecule has 8 nitrogen and oxygen atoms in total. The van der Waals surface area contributed by atoms with Crippen LogP contribution in [-0.4, -0.2) is 79.2 Å². The van der Waals surface area contributed by atoms with Crippen molar-refractivity contribution in [1.29, 1.82) is 0 Å². The maximum Gasteiger partial charge on any atom is 0.225 e. The third kappa shape index (κ3) is 6.41. The van der Waals surface area contributed by atoms with Gasteiger partial charge in [0.1, 0.15) is 6.23 Å². The summed E-state index contributed by atoms with van der Waals surface area (Å²) in [5, 5.41) is 8.15. The summed E-state index contributed by atoms with van der Waals surface area (Å²) < 4.78 is 5.71. The van der Waals surface area contributed by atoms with E-state index in [4.69, 9.17) is 9.57 Å². The number of hydroxylamine groups is 1. The van der Waals surface area contributed by atoms with Crippen LogP contribution in [0, 0.1) is 17.8 Å². The molecule has 6 rings (SSSR count). The van der Waals surface area contributed by atoms with E-state index < -0.39 is 0 Å². The van der Waals surface area contributed by atoms with Gasteiger partial charge in [-0.3, -0.25) is 25.2 Å². The van der Waals surface area contributed by atoms with E-state index in [0.717, 1.165) is 71.5 Å². The molecule has 38 heavy (non-hydrogen) atoms. The van der Waals surface area contributed by atoms with E-state index in [1.807, 2.05) is 0 Å². The third-order valence-electron chi connectivity index (χ3n) is 10.8. The number of piperidine rings is 2. The highest BCUT2D eigenvalue weighted by atomic mass is 16.7. The summed E-state index contributed by atoms with van der Waals surface area (Å²) in [5.74, 6) is 1.74. The second-order valence-electron chi connectivity index (χ2n) is 13.4. The Morgan fingerprint density at radius 2 is 1.47 bits per heavy atom. The normalized spacial score (nSPS) is 36.7. The molecular formula is C30H53N5O3. The number of nitrogens with one attached hydrogen (secondary N) is 3. The molecule has 216 valence electrons. The number of hydrogen-bond donors (Lipinski definition) is 3. The molecule has 2 aliphatic carbocycles. The van der Waals surface area contributed by atoms with Gasteiger partial charge in [0, 0.05) is 43.6 Å². The molecule has 2 saturated carbocycles. The van der Waals surface area contributed by atoms with Gasteiger partial charge in [0.05, 0.1) is 25.5 Å². The largest absolute Gasteiger partial charge is 0.379 e. The van der Waals surface area contributed by atoms with E-state index in [1.165, 1.54) is 70.6 Å². The van der Waals surface area contributed by atoms with Crippen molar-refractivity contribution in [3.63, 3.8) is 0 Å². The van der Waals surface area contributed by atoms with Crippen LogP contribution >= 0.6 is 0 Å². The number of ether oxygens (including phenoxy) is 1. The van der Waals surface area contributed by atoms with Gasteiger partial charge < -0.3 is 9.64 Å². The molecule has 1 amide bonds. The van der Waals surface area contributed by atoms with Crippen molar-refractivity contribution < 1.29 is 14.4 Å². The fourth-order valence-electron chi connectivity index (χ4n) is 8.21. The highest BCUT2D eigenvalue weighted by molar-refractivity contribution is 5.79. The Kier molecular flexibility index (Phi) is 9.24. The zero-order valence-electron chi connectivity index (χ0n) is 23.6. The van der Waals surface area contributed by atoms with Crippen LogP contribution in [0.4, 0.5) is 0 Å². The van der Waals surface area contributed by atoms with Crippen molar-refractivity contribution in [2.24, 2.45) is 17.8 Å². The van der Waals surface area contributed by atoms with Gasteiger partial charge in [0.15, 0.2) is 0 Å². The van der Waals surface area contributed by atoms with Gasteiger partial charge in [-0.05, 0) is 57.3 Å². The number of likely N-dealkylation sites (tertiary alicyclic amines) is 1. The summed E-state index contributed by atoms with van der Waals surface area (Å²) in [6.45, 7) is 5.55. The van der Waals surface area contributed by atoms with Crippen LogP contribution in [0.2, 0.25) is 0 Å². The predicted octanol–water partition coefficient (Wildman–Crippen LogP) is 3.72. The van der Waals surface area contributed by atoms with Crippen molar-refractivity contribution in [2.75, 3.05) is 39.4 Å². The minimum atomic E-state index is 0.0626. The SMILES string of the molecule is O=C(C1CCC1)N1CCC(C2NOC(C3CC(N4CCOCC4)NC4(CCCCCCCCC4)C3)N2)CC1. The first-order chi connectivity index (χ1) is 18.7. The molecular weight excluding hydrogens is 478 g/mol. The Bertz CT molecular complexity index is 755. The molecule has 4 aliphatic heterocycles. The Hall–Kier alpha value is -0.770. The number of morpholine rings is 1. The summed E-state index contributed by atoms with van der Waals surface area (Å²) in [7, 11) is 0. The van der Waals surface area contributed by atoms with Crippen LogP contribution in [0.25, 0.3) is 0 Å². The summed E-state index contributed by atoms with van der Waals surface area (Å²) in [6.07, 6.45) is 20.8. The van der Waals surface area contributed by atoms with Crippen molar-refractivity contribution in [3.8, 4) is 0 Å². The Balaban J connectivity index is 1.08. The Morgan fingerprint density at radius 1 is 0.789 bits per heavy atom. The predicted molar refractivity (Wildman–Crippen MR) is 148 cm³/mol. The first-order valence-electron chi connectivity index (χ1n) is 16.2. The second kappa shape index (κ2) is 12.8. The highest BCUT2D eigenvalue weighted by Crippen LogP contribution is 2.40. The molecule has 8 heteroatoms. The maximum atomic E-state index is 12.7. The minimum absolute atomic E-state index is 0.0626. The fourth-order valence-corrected chi connectivity index (χ4v) is 8.21. The van der Waals surface area contributed by atoms with Crippen LogP contribution < -0.4 is 16.1 Å². The van der Waals surface area contributed by atoms with Crippen LogP contribution in [0.3, 0.4) is 0 Å². The Labute approximate surface area is 230 Å². The zero-order valence-corrected chi connectivity index (χ0v) is 23.6. The summed E-state index contributed by atoms with van der Waals surface area (Å²) in [5.41, 5.74) is 3.64. The lowest BCUT2D eigenvalue weighted by Crippen LogP contribution is -2.64. The quantitative estimate of drug-likeness (QED) is 0.510. The van der Waals surface area contributed by atoms with Crippen LogP contribution in [0.15, 0.2) is 0 Å². The van der Waals surface area contributed by atoms with Gasteiger partial charge in [-0.25, -0.2) is 0 Å². The first-order valence-corrected chi connectivity index (χ1v) is 16.2. The molecule has 6 fully saturated rings. The van der Waals surface area contributed by atoms with Crippen molar-refractivity contribution in [2.45, 2.75) is 127 Å². The molecule has 4 atom stereocenters. The van der Waals surface area contributed by atoms with Crippen LogP contribution in [-0.2, 0) is 14.4 Å². The molecule has 0 aromatic rings. The third-order valence-corrected chi connectivity index (χ3v) is 10.8. The number of nitrogens with zero attached hydrogens (tertiary/aromatic N) is 2. The summed E-state index contributed by atoms with van der Waals surface area (Å²) >= 11 is 0. The van der Waals surface area contributed by atoms with E-state index in [2.05, 4.69) is 25.9 Å². The average Bonchev–Trinajstić information content (AvgIpc) is 3.42. The molecule has 4 unspecified atom stereocenters. The smallest absolute Gasteiger partial charge is 0.225 e. The van der Waals surface area contributed by atoms with E-state index in [0.29, 0.717) is 29.8 Å². The lowest BCUT2D eigenvalue weighted by atomic mass is 9.73. The lowest BCUT2D eigenvalue weighted by molar-refractivity contribution is -0.139. The van der Waals surface area contributed by atoms with Gasteiger partial charge in [0.25, 0.3) is 0 Å². The van der Waals surface area contributed by atoms with Crippen molar-refractivity contribution in [3.05, 3.63) is 0 Å². The fraction of sp³-hybridized carbons (Fsp3) is 0.967. The Morgan fingerprint density at radius 3 is 2.13 bits per heavy atom. The maximum absolute atomic E-state index is 12.7. The van der Waals surface area contributed by atoms with Gasteiger partial charge in [-0.15, -0.1) is 0 Å². The number of rotatable bonds is 4. The van der Waals surface area contributed by atoms with Crippen LogP contribution in [0.5, 0.6) is 0 Å². The molecule has 0 radical (unpaired) electrons. The molecule has 4 heterocycles. The first kappa shape index (κ1) is 27.4. The highest BCUT2D eigenvalue weighted by Gasteiger charge is 2.47. The molecule has 3 N–H and O–H groups in total. The average molecular weight is 532 g/mol. The molecule has 0 bridgehead atoms. The van der Waals surface area contributed by atoms with E-state index in [1.54, 1.807) is 0 Å². The second-order valence-corrected chi connectivity index (χ2v) is 13.4. The van der Waals surface area contributed by atoms with E-state index in [-0.39, 0.29) is 17.9 Å². The number of carbonyl (C=O) groups is 1. The van der Waals surface area contributed by atoms with Gasteiger partial charge in [-0.1, -0.05) is 51.4 Å². The monoisotopic (exact) mass is 531 g/mol. The summed E-state index contributed by atoms with van der Waals surface area (Å²) in [6, 6.07) is 0. The zero-order chi connectivity index (χ0) is 25.8. The standard InChI is InChI=1S/C30H53N5O3/c36-29(24-9-8-10-24)35-15-11-23(12-16-35)27-31-28(38-33-27)25-21-26(34-17-19-37-20-18-34)32-30(22-25)13-6-4-2-1-3-5-7-14-30/h23-28,31-33H,1-22H2. The lowest BCUT2D eigenvalue weighted by Gasteiger charge is -2.51. The van der Waals surface area contributed by atoms with E-state index >= 15 is 0 Å². The minimum Gasteiger partial charge on any atom is -0.379 e. The van der Waals surface area contributed by atoms with Gasteiger partial charge in [-0.2, -0.15) is 5.48 Å². The van der Waals surface area contributed by atoms with Crippen LogP contribution in [0.1, 0.15) is 103 Å². The molecule has 1 spiro atoms. The number of amides is 1. The number of hydrogen-bond acceptors (Lipinski definition) is 7. The molecule has 6 aliphatic rings. The van der Waals surface area contributed by atoms with E-state index in [9.17, 15) is 4.79 Å². The molecule has 4 saturated heterocycles. The topological polar surface area (TPSA) is 78.1 Å².